The van der Waals surface area contributed by atoms with E-state index >= 15 is 0 Å². The van der Waals surface area contributed by atoms with Crippen molar-refractivity contribution < 1.29 is 50.0 Å². The Morgan fingerprint density at radius 2 is 0.881 bits per heavy atom. The minimum absolute atomic E-state index is 0.259. The van der Waals surface area contributed by atoms with Gasteiger partial charge in [0.05, 0.1) is 25.4 Å². The van der Waals surface area contributed by atoms with E-state index in [0.717, 1.165) is 38.5 Å². The second-order valence-corrected chi connectivity index (χ2v) is 20.4. The van der Waals surface area contributed by atoms with E-state index in [0.29, 0.717) is 12.8 Å². The van der Waals surface area contributed by atoms with Crippen molar-refractivity contribution in [3.8, 4) is 0 Å². The number of carbonyl (C=O) groups excluding carboxylic acids is 1. The van der Waals surface area contributed by atoms with Crippen molar-refractivity contribution in [2.75, 3.05) is 13.2 Å². The largest absolute Gasteiger partial charge is 0.394 e. The fraction of sp³-hybridized carbons (Fsp3) is 0.946. The van der Waals surface area contributed by atoms with Gasteiger partial charge >= 0.3 is 0 Å². The lowest BCUT2D eigenvalue weighted by Gasteiger charge is -2.40. The highest BCUT2D eigenvalue weighted by molar-refractivity contribution is 5.80. The molecule has 0 aliphatic carbocycles. The van der Waals surface area contributed by atoms with Gasteiger partial charge in [0.25, 0.3) is 0 Å². The Morgan fingerprint density at radius 1 is 0.507 bits per heavy atom. The van der Waals surface area contributed by atoms with Crippen LogP contribution in [0.4, 0.5) is 0 Å². The quantitative estimate of drug-likeness (QED) is 0.0215. The average molecular weight is 956 g/mol. The van der Waals surface area contributed by atoms with E-state index in [4.69, 9.17) is 9.47 Å². The number of rotatable bonds is 49. The third-order valence-electron chi connectivity index (χ3n) is 14.1. The van der Waals surface area contributed by atoms with Crippen LogP contribution in [0.15, 0.2) is 12.2 Å². The summed E-state index contributed by atoms with van der Waals surface area (Å²) in [5, 5.41) is 76.1. The van der Waals surface area contributed by atoms with Gasteiger partial charge in [0.2, 0.25) is 5.91 Å². The van der Waals surface area contributed by atoms with E-state index < -0.39 is 74.2 Å². The number of hydrogen-bond donors (Lipinski definition) is 8. The number of carbonyl (C=O) groups is 1. The van der Waals surface area contributed by atoms with Crippen LogP contribution in [-0.2, 0) is 14.3 Å². The SMILES string of the molecule is CCCCCCCCCCCCCCCCCCCC/C=C/CCCC(O)C(O)C(COC1OC(CO)C(O)C(O)C1O)NC(=O)C(O)CCCCCCCCCCCCCCCCCCC. The van der Waals surface area contributed by atoms with Crippen LogP contribution in [0.5, 0.6) is 0 Å². The third-order valence-corrected chi connectivity index (χ3v) is 14.1. The Kier molecular flexibility index (Phi) is 43.8. The highest BCUT2D eigenvalue weighted by Crippen LogP contribution is 2.23. The molecule has 9 atom stereocenters. The van der Waals surface area contributed by atoms with E-state index in [1.54, 1.807) is 0 Å². The lowest BCUT2D eigenvalue weighted by Crippen LogP contribution is -2.60. The highest BCUT2D eigenvalue weighted by atomic mass is 16.7. The second-order valence-electron chi connectivity index (χ2n) is 20.4. The van der Waals surface area contributed by atoms with Gasteiger partial charge in [-0.15, -0.1) is 0 Å². The molecule has 0 aromatic rings. The fourth-order valence-corrected chi connectivity index (χ4v) is 9.39. The predicted molar refractivity (Wildman–Crippen MR) is 275 cm³/mol. The molecular weight excluding hydrogens is 847 g/mol. The Labute approximate surface area is 411 Å². The van der Waals surface area contributed by atoms with E-state index in [1.165, 1.54) is 193 Å². The van der Waals surface area contributed by atoms with Crippen LogP contribution >= 0.6 is 0 Å². The Balaban J connectivity index is 2.33. The smallest absolute Gasteiger partial charge is 0.249 e. The molecular formula is C56H109NO10. The van der Waals surface area contributed by atoms with Gasteiger partial charge in [-0.05, 0) is 38.5 Å². The minimum atomic E-state index is -1.66. The second kappa shape index (κ2) is 46.0. The van der Waals surface area contributed by atoms with Crippen LogP contribution in [0.3, 0.4) is 0 Å². The van der Waals surface area contributed by atoms with Crippen molar-refractivity contribution in [3.05, 3.63) is 12.2 Å². The number of amides is 1. The van der Waals surface area contributed by atoms with Gasteiger partial charge in [-0.3, -0.25) is 4.79 Å². The maximum Gasteiger partial charge on any atom is 0.249 e. The average Bonchev–Trinajstić information content (AvgIpc) is 3.33. The monoisotopic (exact) mass is 956 g/mol. The number of aliphatic hydroxyl groups excluding tert-OH is 7. The van der Waals surface area contributed by atoms with Crippen molar-refractivity contribution >= 4 is 5.91 Å². The van der Waals surface area contributed by atoms with Crippen LogP contribution < -0.4 is 5.32 Å². The summed E-state index contributed by atoms with van der Waals surface area (Å²) in [4.78, 5) is 13.2. The van der Waals surface area contributed by atoms with Gasteiger partial charge in [-0.1, -0.05) is 244 Å². The summed E-state index contributed by atoms with van der Waals surface area (Å²) in [7, 11) is 0. The summed E-state index contributed by atoms with van der Waals surface area (Å²) in [6, 6.07) is -1.18. The molecule has 1 rings (SSSR count). The maximum absolute atomic E-state index is 13.2. The van der Waals surface area contributed by atoms with Gasteiger partial charge in [0, 0.05) is 0 Å². The summed E-state index contributed by atoms with van der Waals surface area (Å²) < 4.78 is 11.1. The molecule has 398 valence electrons. The molecule has 1 heterocycles. The normalized spacial score (nSPS) is 20.6. The summed E-state index contributed by atoms with van der Waals surface area (Å²) in [6.07, 6.45) is 41.2. The molecule has 1 saturated heterocycles. The molecule has 0 bridgehead atoms. The topological polar surface area (TPSA) is 189 Å². The van der Waals surface area contributed by atoms with Crippen molar-refractivity contribution in [2.24, 2.45) is 0 Å². The number of aliphatic hydroxyl groups is 7. The lowest BCUT2D eigenvalue weighted by atomic mass is 9.98. The van der Waals surface area contributed by atoms with Crippen LogP contribution in [-0.4, -0.2) is 110 Å². The summed E-state index contributed by atoms with van der Waals surface area (Å²) in [5.74, 6) is -0.701. The first-order chi connectivity index (χ1) is 32.7. The molecule has 1 amide bonds. The molecule has 0 aromatic carbocycles. The minimum Gasteiger partial charge on any atom is -0.394 e. The zero-order valence-corrected chi connectivity index (χ0v) is 43.4. The molecule has 67 heavy (non-hydrogen) atoms. The molecule has 11 heteroatoms. The van der Waals surface area contributed by atoms with Gasteiger partial charge in [0.1, 0.15) is 36.6 Å². The number of unbranched alkanes of at least 4 members (excludes halogenated alkanes) is 35. The van der Waals surface area contributed by atoms with Gasteiger partial charge < -0.3 is 50.5 Å². The Hall–Kier alpha value is -1.15. The molecule has 0 spiro atoms. The van der Waals surface area contributed by atoms with Crippen molar-refractivity contribution in [1.29, 1.82) is 0 Å². The fourth-order valence-electron chi connectivity index (χ4n) is 9.39. The molecule has 11 nitrogen and oxygen atoms in total. The Morgan fingerprint density at radius 3 is 1.28 bits per heavy atom. The van der Waals surface area contributed by atoms with E-state index in [1.807, 2.05) is 0 Å². The first-order valence-electron chi connectivity index (χ1n) is 28.6. The molecule has 0 aromatic heterocycles. The van der Waals surface area contributed by atoms with Gasteiger partial charge in [-0.25, -0.2) is 0 Å². The summed E-state index contributed by atoms with van der Waals surface area (Å²) >= 11 is 0. The molecule has 0 saturated carbocycles. The lowest BCUT2D eigenvalue weighted by molar-refractivity contribution is -0.303. The van der Waals surface area contributed by atoms with Crippen LogP contribution in [0.2, 0.25) is 0 Å². The molecule has 1 fully saturated rings. The zero-order chi connectivity index (χ0) is 49.0. The molecule has 9 unspecified atom stereocenters. The maximum atomic E-state index is 13.2. The zero-order valence-electron chi connectivity index (χ0n) is 43.4. The molecule has 1 aliphatic rings. The predicted octanol–water partition coefficient (Wildman–Crippen LogP) is 11.6. The molecule has 0 radical (unpaired) electrons. The number of hydrogen-bond acceptors (Lipinski definition) is 10. The van der Waals surface area contributed by atoms with E-state index in [2.05, 4.69) is 31.3 Å². The van der Waals surface area contributed by atoms with Crippen molar-refractivity contribution in [2.45, 2.75) is 326 Å². The molecule has 8 N–H and O–H groups in total. The van der Waals surface area contributed by atoms with E-state index in [9.17, 15) is 40.5 Å². The highest BCUT2D eigenvalue weighted by Gasteiger charge is 2.44. The standard InChI is InChI=1S/C56H109NO10/c1-3-5-7-9-11-13-15-17-19-21-22-23-24-25-26-28-29-31-33-35-37-39-41-43-48(59)51(61)47(46-66-56-54(64)53(63)52(62)50(45-58)67-56)57-55(65)49(60)44-42-40-38-36-34-32-30-27-20-18-16-14-12-10-8-6-4-2/h35,37,47-54,56,58-64H,3-34,36,38-46H2,1-2H3,(H,57,65)/b37-35+. The number of allylic oxidation sites excluding steroid dienone is 2. The van der Waals surface area contributed by atoms with Crippen LogP contribution in [0, 0.1) is 0 Å². The van der Waals surface area contributed by atoms with E-state index in [-0.39, 0.29) is 12.8 Å². The van der Waals surface area contributed by atoms with Gasteiger partial charge in [-0.2, -0.15) is 0 Å². The van der Waals surface area contributed by atoms with Crippen molar-refractivity contribution in [1.82, 2.24) is 5.32 Å². The third kappa shape index (κ3) is 34.8. The summed E-state index contributed by atoms with van der Waals surface area (Å²) in [6.45, 7) is 3.47. The number of nitrogens with one attached hydrogen (secondary N) is 1. The summed E-state index contributed by atoms with van der Waals surface area (Å²) in [5.41, 5.74) is 0. The van der Waals surface area contributed by atoms with Crippen LogP contribution in [0.25, 0.3) is 0 Å². The van der Waals surface area contributed by atoms with Crippen LogP contribution in [0.1, 0.15) is 271 Å². The first-order valence-corrected chi connectivity index (χ1v) is 28.6. The van der Waals surface area contributed by atoms with Gasteiger partial charge in [0.15, 0.2) is 6.29 Å². The Bertz CT molecular complexity index is 1100. The first kappa shape index (κ1) is 63.9. The van der Waals surface area contributed by atoms with Crippen molar-refractivity contribution in [3.63, 3.8) is 0 Å². The number of ether oxygens (including phenoxy) is 2. The molecule has 1 aliphatic heterocycles.